The fraction of sp³-hybridized carbons (Fsp3) is 0.273. The highest BCUT2D eigenvalue weighted by Crippen LogP contribution is 2.22. The third-order valence-corrected chi connectivity index (χ3v) is 3.02. The van der Waals surface area contributed by atoms with Gasteiger partial charge < -0.3 is 14.8 Å². The number of phenols is 1. The first kappa shape index (κ1) is 11.8. The van der Waals surface area contributed by atoms with E-state index in [0.717, 1.165) is 5.75 Å². The number of hydrogen-bond acceptors (Lipinski definition) is 6. The van der Waals surface area contributed by atoms with Crippen LogP contribution in [0.15, 0.2) is 34.6 Å². The molecule has 17 heavy (non-hydrogen) atoms. The minimum Gasteiger partial charge on any atom is -0.507 e. The maximum absolute atomic E-state index is 9.80. The number of rotatable bonds is 3. The summed E-state index contributed by atoms with van der Waals surface area (Å²) in [5, 5.41) is 18.2. The average Bonchev–Trinajstić information content (AvgIpc) is 2.38. The number of aromatic hydroxyl groups is 1. The van der Waals surface area contributed by atoms with Gasteiger partial charge in [0.05, 0.1) is 0 Å². The van der Waals surface area contributed by atoms with Gasteiger partial charge in [0.2, 0.25) is 0 Å². The van der Waals surface area contributed by atoms with Crippen molar-refractivity contribution in [2.45, 2.75) is 0 Å². The van der Waals surface area contributed by atoms with Crippen LogP contribution in [-0.4, -0.2) is 35.3 Å². The molecule has 90 valence electrons. The van der Waals surface area contributed by atoms with Crippen LogP contribution in [0.4, 0.5) is 0 Å². The summed E-state index contributed by atoms with van der Waals surface area (Å²) in [6.45, 7) is 0.579. The molecule has 0 aliphatic carbocycles. The second kappa shape index (κ2) is 5.58. The molecule has 1 heterocycles. The van der Waals surface area contributed by atoms with Gasteiger partial charge in [0.15, 0.2) is 5.04 Å². The summed E-state index contributed by atoms with van der Waals surface area (Å²) < 4.78 is 0. The Labute approximate surface area is 103 Å². The molecule has 1 aromatic carbocycles. The van der Waals surface area contributed by atoms with Crippen molar-refractivity contribution >= 4 is 22.5 Å². The molecule has 6 heteroatoms. The van der Waals surface area contributed by atoms with E-state index < -0.39 is 0 Å². The van der Waals surface area contributed by atoms with Gasteiger partial charge in [0, 0.05) is 11.3 Å². The van der Waals surface area contributed by atoms with Crippen LogP contribution in [0.25, 0.3) is 0 Å². The normalized spacial score (nSPS) is 16.1. The van der Waals surface area contributed by atoms with Gasteiger partial charge in [-0.25, -0.2) is 0 Å². The molecule has 0 amide bonds. The molecule has 1 aromatic rings. The van der Waals surface area contributed by atoms with Crippen LogP contribution in [0.1, 0.15) is 5.56 Å². The molecule has 1 aliphatic heterocycles. The molecule has 0 saturated heterocycles. The summed E-state index contributed by atoms with van der Waals surface area (Å²) >= 11 is 1.52. The maximum Gasteiger partial charge on any atom is 0.165 e. The minimum absolute atomic E-state index is 0.136. The molecule has 0 saturated carbocycles. The molecular weight excluding hydrogens is 240 g/mol. The first-order chi connectivity index (χ1) is 8.33. The van der Waals surface area contributed by atoms with Crippen LogP contribution in [-0.2, 0) is 9.68 Å². The van der Waals surface area contributed by atoms with Gasteiger partial charge >= 0.3 is 0 Å². The molecule has 1 N–H and O–H groups in total. The Morgan fingerprint density at radius 1 is 1.53 bits per heavy atom. The molecule has 1 aliphatic rings. The molecule has 0 bridgehead atoms. The van der Waals surface area contributed by atoms with Gasteiger partial charge in [0.1, 0.15) is 25.2 Å². The van der Waals surface area contributed by atoms with E-state index >= 15 is 0 Å². The van der Waals surface area contributed by atoms with Crippen molar-refractivity contribution < 1.29 is 14.8 Å². The third-order valence-electron chi connectivity index (χ3n) is 2.11. The minimum atomic E-state index is 0.136. The molecule has 0 aromatic heterocycles. The quantitative estimate of drug-likeness (QED) is 0.658. The fourth-order valence-corrected chi connectivity index (χ4v) is 2.13. The number of para-hydroxylation sites is 1. The van der Waals surface area contributed by atoms with Crippen molar-refractivity contribution in [2.24, 2.45) is 10.3 Å². The smallest absolute Gasteiger partial charge is 0.165 e. The molecule has 0 fully saturated rings. The monoisotopic (exact) mass is 252 g/mol. The molecular formula is C11H12N2O3S. The van der Waals surface area contributed by atoms with Crippen LogP contribution >= 0.6 is 11.8 Å². The van der Waals surface area contributed by atoms with Gasteiger partial charge in [0.25, 0.3) is 0 Å². The molecule has 2 rings (SSSR count). The molecule has 0 radical (unpaired) electrons. The van der Waals surface area contributed by atoms with E-state index in [9.17, 15) is 5.11 Å². The van der Waals surface area contributed by atoms with E-state index in [1.807, 2.05) is 6.07 Å². The van der Waals surface area contributed by atoms with Crippen molar-refractivity contribution in [1.82, 2.24) is 0 Å². The lowest BCUT2D eigenvalue weighted by Gasteiger charge is -2.13. The van der Waals surface area contributed by atoms with Crippen molar-refractivity contribution in [3.8, 4) is 5.75 Å². The topological polar surface area (TPSA) is 63.4 Å². The molecule has 0 spiro atoms. The molecule has 5 nitrogen and oxygen atoms in total. The Kier molecular flexibility index (Phi) is 3.87. The molecule has 0 atom stereocenters. The number of phenolic OH excluding ortho intramolecular Hbond substituents is 1. The number of nitrogens with zero attached hydrogens (tertiary/aromatic N) is 2. The van der Waals surface area contributed by atoms with E-state index in [0.29, 0.717) is 22.9 Å². The van der Waals surface area contributed by atoms with Gasteiger partial charge in [-0.15, -0.1) is 0 Å². The second-order valence-electron chi connectivity index (χ2n) is 3.22. The van der Waals surface area contributed by atoms with Crippen LogP contribution in [0.3, 0.4) is 0 Å². The summed E-state index contributed by atoms with van der Waals surface area (Å²) in [7, 11) is 1.45. The van der Waals surface area contributed by atoms with E-state index in [1.54, 1.807) is 18.2 Å². The highest BCUT2D eigenvalue weighted by molar-refractivity contribution is 8.15. The lowest BCUT2D eigenvalue weighted by molar-refractivity contribution is 0.160. The van der Waals surface area contributed by atoms with E-state index in [-0.39, 0.29) is 5.75 Å². The fourth-order valence-electron chi connectivity index (χ4n) is 1.39. The van der Waals surface area contributed by atoms with Crippen molar-refractivity contribution in [1.29, 1.82) is 0 Å². The van der Waals surface area contributed by atoms with Crippen LogP contribution in [0.5, 0.6) is 5.75 Å². The predicted octanol–water partition coefficient (Wildman–Crippen LogP) is 1.82. The SMILES string of the molecule is CO/N=C(/C1=NOCCS1)c1ccccc1O. The Morgan fingerprint density at radius 3 is 3.00 bits per heavy atom. The van der Waals surface area contributed by atoms with Gasteiger partial charge in [-0.3, -0.25) is 0 Å². The number of thioether (sulfide) groups is 1. The summed E-state index contributed by atoms with van der Waals surface area (Å²) in [4.78, 5) is 9.81. The summed E-state index contributed by atoms with van der Waals surface area (Å²) in [5.41, 5.74) is 1.06. The van der Waals surface area contributed by atoms with Crippen LogP contribution in [0, 0.1) is 0 Å². The van der Waals surface area contributed by atoms with E-state index in [2.05, 4.69) is 10.3 Å². The van der Waals surface area contributed by atoms with Crippen LogP contribution < -0.4 is 0 Å². The summed E-state index contributed by atoms with van der Waals surface area (Å²) in [6.07, 6.45) is 0. The third kappa shape index (κ3) is 2.71. The zero-order chi connectivity index (χ0) is 12.1. The Morgan fingerprint density at radius 2 is 2.35 bits per heavy atom. The van der Waals surface area contributed by atoms with Gasteiger partial charge in [-0.05, 0) is 12.1 Å². The lowest BCUT2D eigenvalue weighted by atomic mass is 10.1. The Hall–Kier alpha value is -1.69. The largest absolute Gasteiger partial charge is 0.507 e. The summed E-state index contributed by atoms with van der Waals surface area (Å²) in [6, 6.07) is 6.91. The van der Waals surface area contributed by atoms with Gasteiger partial charge in [-0.1, -0.05) is 34.2 Å². The number of benzene rings is 1. The number of hydrogen-bond donors (Lipinski definition) is 1. The highest BCUT2D eigenvalue weighted by Gasteiger charge is 2.19. The predicted molar refractivity (Wildman–Crippen MR) is 67.5 cm³/mol. The number of oxime groups is 2. The Bertz CT molecular complexity index is 460. The van der Waals surface area contributed by atoms with Crippen molar-refractivity contribution in [2.75, 3.05) is 19.5 Å². The van der Waals surface area contributed by atoms with Crippen molar-refractivity contribution in [3.63, 3.8) is 0 Å². The standard InChI is InChI=1S/C11H12N2O3S/c1-15-12-10(11-13-16-6-7-17-11)8-4-2-3-5-9(8)14/h2-5,14H,6-7H2,1H3/b12-10+. The first-order valence-electron chi connectivity index (χ1n) is 5.05. The zero-order valence-corrected chi connectivity index (χ0v) is 10.1. The lowest BCUT2D eigenvalue weighted by Crippen LogP contribution is -2.18. The van der Waals surface area contributed by atoms with E-state index in [4.69, 9.17) is 9.68 Å². The zero-order valence-electron chi connectivity index (χ0n) is 9.29. The second-order valence-corrected chi connectivity index (χ2v) is 4.30. The Balaban J connectivity index is 2.39. The average molecular weight is 252 g/mol. The highest BCUT2D eigenvalue weighted by atomic mass is 32.2. The van der Waals surface area contributed by atoms with E-state index in [1.165, 1.54) is 18.9 Å². The first-order valence-corrected chi connectivity index (χ1v) is 6.04. The molecule has 0 unspecified atom stereocenters. The van der Waals surface area contributed by atoms with Gasteiger partial charge in [-0.2, -0.15) is 0 Å². The van der Waals surface area contributed by atoms with Crippen LogP contribution in [0.2, 0.25) is 0 Å². The maximum atomic E-state index is 9.80. The summed E-state index contributed by atoms with van der Waals surface area (Å²) in [5.74, 6) is 0.937. The van der Waals surface area contributed by atoms with Crippen molar-refractivity contribution in [3.05, 3.63) is 29.8 Å².